The smallest absolute Gasteiger partial charge is 0.251 e. The molecule has 46 heavy (non-hydrogen) atoms. The van der Waals surface area contributed by atoms with E-state index < -0.39 is 12.1 Å². The number of rotatable bonds is 10. The third-order valence-corrected chi connectivity index (χ3v) is 11.7. The molecule has 0 bridgehead atoms. The summed E-state index contributed by atoms with van der Waals surface area (Å²) in [5.41, 5.74) is 2.18. The highest BCUT2D eigenvalue weighted by Gasteiger charge is 2.56. The minimum Gasteiger partial charge on any atom is -0.367 e. The van der Waals surface area contributed by atoms with Crippen molar-refractivity contribution >= 4 is 34.1 Å². The molecule has 3 saturated heterocycles. The minimum atomic E-state index is -0.733. The molecule has 1 aliphatic carbocycles. The maximum atomic E-state index is 14.1. The molecule has 1 aromatic carbocycles. The maximum absolute atomic E-state index is 14.1. The van der Waals surface area contributed by atoms with Gasteiger partial charge in [-0.2, -0.15) is 0 Å². The average molecular weight is 650 g/mol. The van der Waals surface area contributed by atoms with E-state index in [0.29, 0.717) is 30.5 Å². The Morgan fingerprint density at radius 2 is 1.87 bits per heavy atom. The molecule has 0 radical (unpaired) electrons. The molecular formula is C36H51N5O4S. The standard InChI is InChI=1S/C36H51N5O4S/c1-7-29-36(8-2,9-3)41(17-16-37-29)34-39-27(21-46-34)23-12-14-24(15-13-23)32(43)38-26(18-35(4,5)6)33(44)40-19-25(22-10-11-22)31-30(40)28(42)20-45-31/h12-15,21-22,25-26,29-31,37H,7-11,16-20H2,1-6H3,(H,38,43)/t25-,26?,29?,30-,31-/m1/s1. The molecule has 1 aromatic heterocycles. The van der Waals surface area contributed by atoms with Crippen molar-refractivity contribution in [2.24, 2.45) is 17.3 Å². The van der Waals surface area contributed by atoms with Gasteiger partial charge in [0.2, 0.25) is 5.91 Å². The number of piperazine rings is 1. The van der Waals surface area contributed by atoms with Gasteiger partial charge in [0.05, 0.1) is 17.3 Å². The second kappa shape index (κ2) is 13.0. The zero-order valence-electron chi connectivity index (χ0n) is 28.3. The van der Waals surface area contributed by atoms with Crippen molar-refractivity contribution in [3.8, 4) is 11.3 Å². The normalized spacial score (nSPS) is 26.7. The molecule has 6 rings (SSSR count). The average Bonchev–Trinajstić information content (AvgIpc) is 3.46. The number of hydrogen-bond acceptors (Lipinski definition) is 8. The summed E-state index contributed by atoms with van der Waals surface area (Å²) >= 11 is 1.68. The summed E-state index contributed by atoms with van der Waals surface area (Å²) in [6, 6.07) is 6.66. The summed E-state index contributed by atoms with van der Waals surface area (Å²) in [5.74, 6) is 0.217. The number of likely N-dealkylation sites (tertiary alicyclic amines) is 1. The highest BCUT2D eigenvalue weighted by Crippen LogP contribution is 2.46. The molecule has 4 fully saturated rings. The van der Waals surface area contributed by atoms with E-state index in [1.54, 1.807) is 16.2 Å². The first-order valence-electron chi connectivity index (χ1n) is 17.3. The van der Waals surface area contributed by atoms with Crippen LogP contribution in [-0.2, 0) is 14.3 Å². The molecule has 250 valence electrons. The SMILES string of the molecule is CCC1NCCN(c2nc(-c3ccc(C(=O)NC(CC(C)(C)C)C(=O)N4C[C@H](C5CC5)[C@H]5OCC(=O)[C@H]54)cc3)cs2)C1(CC)CC. The van der Waals surface area contributed by atoms with Gasteiger partial charge in [0.25, 0.3) is 5.91 Å². The molecule has 2 amide bonds. The Hall–Kier alpha value is -2.82. The van der Waals surface area contributed by atoms with E-state index in [9.17, 15) is 14.4 Å². The molecule has 4 heterocycles. The van der Waals surface area contributed by atoms with E-state index in [2.05, 4.69) is 62.5 Å². The summed E-state index contributed by atoms with van der Waals surface area (Å²) in [6.45, 7) is 15.5. The van der Waals surface area contributed by atoms with Gasteiger partial charge in [0.1, 0.15) is 18.7 Å². The fraction of sp³-hybridized carbons (Fsp3) is 0.667. The highest BCUT2D eigenvalue weighted by atomic mass is 32.1. The van der Waals surface area contributed by atoms with Crippen molar-refractivity contribution in [3.05, 3.63) is 35.2 Å². The van der Waals surface area contributed by atoms with Crippen LogP contribution in [0.1, 0.15) is 90.4 Å². The van der Waals surface area contributed by atoms with Crippen molar-refractivity contribution in [1.82, 2.24) is 20.5 Å². The fourth-order valence-corrected chi connectivity index (χ4v) is 9.27. The Kier molecular flexibility index (Phi) is 9.35. The molecule has 1 saturated carbocycles. The van der Waals surface area contributed by atoms with Gasteiger partial charge in [-0.05, 0) is 62.0 Å². The third-order valence-electron chi connectivity index (χ3n) is 10.9. The van der Waals surface area contributed by atoms with Gasteiger partial charge < -0.3 is 25.2 Å². The van der Waals surface area contributed by atoms with Crippen LogP contribution >= 0.6 is 11.3 Å². The number of carbonyl (C=O) groups is 3. The Morgan fingerprint density at radius 3 is 2.50 bits per heavy atom. The molecule has 9 nitrogen and oxygen atoms in total. The number of ether oxygens (including phenoxy) is 1. The molecule has 2 aromatic rings. The molecule has 10 heteroatoms. The number of fused-ring (bicyclic) bond motifs is 1. The molecule has 2 N–H and O–H groups in total. The number of ketones is 1. The highest BCUT2D eigenvalue weighted by molar-refractivity contribution is 7.14. The number of thiazole rings is 1. The van der Waals surface area contributed by atoms with Crippen LogP contribution in [0.3, 0.4) is 0 Å². The predicted octanol–water partition coefficient (Wildman–Crippen LogP) is 5.30. The van der Waals surface area contributed by atoms with E-state index in [-0.39, 0.29) is 47.2 Å². The van der Waals surface area contributed by atoms with E-state index >= 15 is 0 Å². The van der Waals surface area contributed by atoms with Crippen LogP contribution in [0.15, 0.2) is 29.6 Å². The summed E-state index contributed by atoms with van der Waals surface area (Å²) in [7, 11) is 0. The van der Waals surface area contributed by atoms with Gasteiger partial charge in [-0.1, -0.05) is 53.7 Å². The largest absolute Gasteiger partial charge is 0.367 e. The Balaban J connectivity index is 1.17. The van der Waals surface area contributed by atoms with Crippen molar-refractivity contribution < 1.29 is 19.1 Å². The van der Waals surface area contributed by atoms with Crippen molar-refractivity contribution in [3.63, 3.8) is 0 Å². The summed E-state index contributed by atoms with van der Waals surface area (Å²) < 4.78 is 5.89. The fourth-order valence-electron chi connectivity index (χ4n) is 8.31. The van der Waals surface area contributed by atoms with E-state index in [0.717, 1.165) is 61.6 Å². The van der Waals surface area contributed by atoms with E-state index in [4.69, 9.17) is 9.72 Å². The second-order valence-corrected chi connectivity index (χ2v) is 15.8. The lowest BCUT2D eigenvalue weighted by Crippen LogP contribution is -2.67. The maximum Gasteiger partial charge on any atom is 0.251 e. The predicted molar refractivity (Wildman–Crippen MR) is 182 cm³/mol. The molecule has 3 aliphatic heterocycles. The Bertz CT molecular complexity index is 1430. The number of benzene rings is 1. The third kappa shape index (κ3) is 6.24. The number of carbonyl (C=O) groups excluding carboxylic acids is 3. The van der Waals surface area contributed by atoms with Gasteiger partial charge in [0, 0.05) is 48.1 Å². The first kappa shape index (κ1) is 33.1. The van der Waals surface area contributed by atoms with Gasteiger partial charge >= 0.3 is 0 Å². The second-order valence-electron chi connectivity index (χ2n) is 14.9. The van der Waals surface area contributed by atoms with Crippen LogP contribution in [0.25, 0.3) is 11.3 Å². The van der Waals surface area contributed by atoms with Crippen LogP contribution in [0.2, 0.25) is 0 Å². The van der Waals surface area contributed by atoms with E-state index in [1.807, 2.05) is 24.3 Å². The summed E-state index contributed by atoms with van der Waals surface area (Å²) in [5, 5.41) is 9.94. The lowest BCUT2D eigenvalue weighted by atomic mass is 9.80. The Morgan fingerprint density at radius 1 is 1.15 bits per heavy atom. The van der Waals surface area contributed by atoms with Crippen LogP contribution in [0.4, 0.5) is 5.13 Å². The molecule has 2 unspecified atom stereocenters. The quantitative estimate of drug-likeness (QED) is 0.360. The van der Waals surface area contributed by atoms with Gasteiger partial charge in [-0.3, -0.25) is 14.4 Å². The molecule has 4 aliphatic rings. The monoisotopic (exact) mass is 649 g/mol. The van der Waals surface area contributed by atoms with Crippen molar-refractivity contribution in [2.75, 3.05) is 31.1 Å². The number of nitrogens with zero attached hydrogens (tertiary/aromatic N) is 3. The first-order valence-corrected chi connectivity index (χ1v) is 18.2. The Labute approximate surface area is 277 Å². The number of hydrogen-bond donors (Lipinski definition) is 2. The van der Waals surface area contributed by atoms with Crippen LogP contribution in [-0.4, -0.2) is 83.5 Å². The van der Waals surface area contributed by atoms with Crippen LogP contribution in [0, 0.1) is 17.3 Å². The van der Waals surface area contributed by atoms with Gasteiger partial charge in [-0.25, -0.2) is 4.98 Å². The van der Waals surface area contributed by atoms with Crippen molar-refractivity contribution in [1.29, 1.82) is 0 Å². The number of aromatic nitrogens is 1. The zero-order chi connectivity index (χ0) is 32.8. The molecular weight excluding hydrogens is 598 g/mol. The summed E-state index contributed by atoms with van der Waals surface area (Å²) in [6.07, 6.45) is 5.69. The van der Waals surface area contributed by atoms with Crippen LogP contribution < -0.4 is 15.5 Å². The van der Waals surface area contributed by atoms with E-state index in [1.165, 1.54) is 0 Å². The number of amides is 2. The van der Waals surface area contributed by atoms with Crippen molar-refractivity contribution in [2.45, 2.75) is 110 Å². The van der Waals surface area contributed by atoms with Gasteiger partial charge in [-0.15, -0.1) is 11.3 Å². The molecule has 0 spiro atoms. The number of anilines is 1. The first-order chi connectivity index (χ1) is 22.0. The summed E-state index contributed by atoms with van der Waals surface area (Å²) in [4.78, 5) is 49.8. The number of nitrogens with one attached hydrogen (secondary N) is 2. The zero-order valence-corrected chi connectivity index (χ0v) is 29.1. The topological polar surface area (TPSA) is 104 Å². The minimum absolute atomic E-state index is 0.0275. The van der Waals surface area contributed by atoms with Gasteiger partial charge in [0.15, 0.2) is 10.9 Å². The van der Waals surface area contributed by atoms with Crippen LogP contribution in [0.5, 0.6) is 0 Å². The lowest BCUT2D eigenvalue weighted by Gasteiger charge is -2.52. The molecule has 5 atom stereocenters. The lowest BCUT2D eigenvalue weighted by molar-refractivity contribution is -0.138. The number of Topliss-reactive ketones (excluding diaryl/α,β-unsaturated/α-hetero) is 1.